The molecule has 3 unspecified atom stereocenters. The molecule has 0 aliphatic carbocycles. The molecular formula is C27H32O8. The highest BCUT2D eigenvalue weighted by Gasteiger charge is 2.53. The molecule has 2 aromatic carbocycles. The first kappa shape index (κ1) is 25.3. The number of hydrogen-bond donors (Lipinski definition) is 1. The monoisotopic (exact) mass is 484 g/mol. The fourth-order valence-corrected chi connectivity index (χ4v) is 4.13. The highest BCUT2D eigenvalue weighted by atomic mass is 16.8. The molecular weight excluding hydrogens is 452 g/mol. The fraction of sp³-hybridized carbons (Fsp3) is 0.444. The summed E-state index contributed by atoms with van der Waals surface area (Å²) in [5, 5.41) is 9.43. The number of methoxy groups -OCH3 is 1. The van der Waals surface area contributed by atoms with E-state index in [0.29, 0.717) is 18.1 Å². The molecule has 35 heavy (non-hydrogen) atoms. The minimum Gasteiger partial charge on any atom is -0.497 e. The van der Waals surface area contributed by atoms with E-state index in [4.69, 9.17) is 28.4 Å². The van der Waals surface area contributed by atoms with Crippen molar-refractivity contribution in [3.8, 4) is 11.5 Å². The average molecular weight is 485 g/mol. The molecule has 0 amide bonds. The number of ether oxygens (including phenoxy) is 6. The van der Waals surface area contributed by atoms with Crippen molar-refractivity contribution in [2.75, 3.05) is 13.7 Å². The summed E-state index contributed by atoms with van der Waals surface area (Å²) in [7, 11) is 1.59. The second kappa shape index (κ2) is 10.1. The number of hydrogen-bond acceptors (Lipinski definition) is 8. The zero-order valence-corrected chi connectivity index (χ0v) is 20.6. The highest BCUT2D eigenvalue weighted by Crippen LogP contribution is 2.36. The number of aliphatic hydroxyl groups is 1. The number of esters is 1. The van der Waals surface area contributed by atoms with Gasteiger partial charge in [-0.1, -0.05) is 24.3 Å². The van der Waals surface area contributed by atoms with Crippen molar-refractivity contribution in [2.24, 2.45) is 0 Å². The summed E-state index contributed by atoms with van der Waals surface area (Å²) >= 11 is 0. The first-order valence-corrected chi connectivity index (χ1v) is 11.5. The van der Waals surface area contributed by atoms with Gasteiger partial charge in [0.2, 0.25) is 0 Å². The molecule has 8 heteroatoms. The van der Waals surface area contributed by atoms with Crippen LogP contribution in [-0.2, 0) is 30.3 Å². The Bertz CT molecular complexity index is 1050. The van der Waals surface area contributed by atoms with Crippen LogP contribution in [0.15, 0.2) is 42.5 Å². The third-order valence-corrected chi connectivity index (χ3v) is 5.73. The summed E-state index contributed by atoms with van der Waals surface area (Å²) in [6.07, 6.45) is 1.81. The fourth-order valence-electron chi connectivity index (χ4n) is 4.13. The SMILES string of the molecule is COc1cc(C=Cc2ccc(OC(=O)C3OC(C)(C)OC3C3COC(C)(C)O3)cc2)cc(CO)c1. The Balaban J connectivity index is 1.41. The Morgan fingerprint density at radius 2 is 1.69 bits per heavy atom. The number of benzene rings is 2. The topological polar surface area (TPSA) is 92.7 Å². The lowest BCUT2D eigenvalue weighted by atomic mass is 10.1. The molecule has 0 aromatic heterocycles. The van der Waals surface area contributed by atoms with Crippen LogP contribution in [0.3, 0.4) is 0 Å². The van der Waals surface area contributed by atoms with Gasteiger partial charge in [0.1, 0.15) is 23.7 Å². The first-order valence-electron chi connectivity index (χ1n) is 11.5. The minimum absolute atomic E-state index is 0.0659. The van der Waals surface area contributed by atoms with Crippen LogP contribution in [0, 0.1) is 0 Å². The van der Waals surface area contributed by atoms with Crippen molar-refractivity contribution >= 4 is 18.1 Å². The van der Waals surface area contributed by atoms with Gasteiger partial charge in [0, 0.05) is 0 Å². The van der Waals surface area contributed by atoms with E-state index in [1.54, 1.807) is 39.2 Å². The van der Waals surface area contributed by atoms with E-state index in [2.05, 4.69) is 0 Å². The molecule has 2 saturated heterocycles. The quantitative estimate of drug-likeness (QED) is 0.359. The summed E-state index contributed by atoms with van der Waals surface area (Å²) in [5.41, 5.74) is 2.58. The van der Waals surface area contributed by atoms with Crippen LogP contribution in [0.25, 0.3) is 12.2 Å². The smallest absolute Gasteiger partial charge is 0.343 e. The van der Waals surface area contributed by atoms with Gasteiger partial charge in [0.05, 0.1) is 20.3 Å². The van der Waals surface area contributed by atoms with Gasteiger partial charge in [-0.2, -0.15) is 0 Å². The zero-order valence-electron chi connectivity index (χ0n) is 20.6. The molecule has 2 aromatic rings. The maximum Gasteiger partial charge on any atom is 0.343 e. The minimum atomic E-state index is -0.949. The lowest BCUT2D eigenvalue weighted by molar-refractivity contribution is -0.175. The largest absolute Gasteiger partial charge is 0.497 e. The number of rotatable bonds is 7. The van der Waals surface area contributed by atoms with E-state index in [9.17, 15) is 9.90 Å². The van der Waals surface area contributed by atoms with Gasteiger partial charge >= 0.3 is 5.97 Å². The zero-order chi connectivity index (χ0) is 25.2. The molecule has 0 bridgehead atoms. The second-order valence-corrected chi connectivity index (χ2v) is 9.48. The van der Waals surface area contributed by atoms with Crippen LogP contribution in [0.4, 0.5) is 0 Å². The van der Waals surface area contributed by atoms with Crippen LogP contribution >= 0.6 is 0 Å². The molecule has 0 spiro atoms. The summed E-state index contributed by atoms with van der Waals surface area (Å²) in [6, 6.07) is 12.7. The van der Waals surface area contributed by atoms with Gasteiger partial charge in [-0.15, -0.1) is 0 Å². The van der Waals surface area contributed by atoms with Crippen LogP contribution < -0.4 is 9.47 Å². The summed E-state index contributed by atoms with van der Waals surface area (Å²) < 4.78 is 34.2. The van der Waals surface area contributed by atoms with Crippen molar-refractivity contribution in [1.29, 1.82) is 0 Å². The Hall–Kier alpha value is -2.75. The van der Waals surface area contributed by atoms with E-state index in [0.717, 1.165) is 16.7 Å². The molecule has 2 heterocycles. The summed E-state index contributed by atoms with van der Waals surface area (Å²) in [5.74, 6) is -1.17. The van der Waals surface area contributed by atoms with Gasteiger partial charge in [-0.3, -0.25) is 0 Å². The molecule has 0 radical (unpaired) electrons. The van der Waals surface area contributed by atoms with Crippen LogP contribution in [0.2, 0.25) is 0 Å². The van der Waals surface area contributed by atoms with Crippen molar-refractivity contribution in [1.82, 2.24) is 0 Å². The van der Waals surface area contributed by atoms with Crippen molar-refractivity contribution in [3.63, 3.8) is 0 Å². The predicted molar refractivity (Wildman–Crippen MR) is 129 cm³/mol. The molecule has 188 valence electrons. The molecule has 1 N–H and O–H groups in total. The standard InChI is InChI=1S/C27H32O8/c1-26(2)31-16-22(33-26)23-24(35-27(3,4)34-23)25(29)32-20-10-8-17(9-11-20)6-7-18-12-19(15-28)14-21(13-18)30-5/h6-14,22-24,28H,15-16H2,1-5H3. The van der Waals surface area contributed by atoms with E-state index in [1.165, 1.54) is 0 Å². The van der Waals surface area contributed by atoms with Gasteiger partial charge in [-0.25, -0.2) is 4.79 Å². The molecule has 4 rings (SSSR count). The predicted octanol–water partition coefficient (Wildman–Crippen LogP) is 3.93. The van der Waals surface area contributed by atoms with E-state index < -0.39 is 35.9 Å². The van der Waals surface area contributed by atoms with Gasteiger partial charge in [0.15, 0.2) is 17.7 Å². The van der Waals surface area contributed by atoms with Crippen LogP contribution in [0.1, 0.15) is 44.4 Å². The van der Waals surface area contributed by atoms with Crippen LogP contribution in [-0.4, -0.2) is 54.7 Å². The van der Waals surface area contributed by atoms with Gasteiger partial charge < -0.3 is 33.5 Å². The maximum atomic E-state index is 13.0. The summed E-state index contributed by atoms with van der Waals surface area (Å²) in [6.45, 7) is 7.37. The normalized spacial score (nSPS) is 25.1. The van der Waals surface area contributed by atoms with E-state index in [1.807, 2.05) is 50.3 Å². The van der Waals surface area contributed by atoms with Crippen molar-refractivity contribution in [2.45, 2.75) is 64.2 Å². The third kappa shape index (κ3) is 6.28. The van der Waals surface area contributed by atoms with Crippen molar-refractivity contribution in [3.05, 3.63) is 59.2 Å². The Morgan fingerprint density at radius 3 is 2.31 bits per heavy atom. The molecule has 2 fully saturated rings. The van der Waals surface area contributed by atoms with Crippen molar-refractivity contribution < 1.29 is 38.3 Å². The molecule has 3 atom stereocenters. The second-order valence-electron chi connectivity index (χ2n) is 9.48. The molecule has 2 aliphatic rings. The number of carbonyl (C=O) groups is 1. The lowest BCUT2D eigenvalue weighted by Crippen LogP contribution is -2.43. The maximum absolute atomic E-state index is 13.0. The number of aliphatic hydroxyl groups excluding tert-OH is 1. The Morgan fingerprint density at radius 1 is 0.971 bits per heavy atom. The van der Waals surface area contributed by atoms with E-state index >= 15 is 0 Å². The Kier molecular flexibility index (Phi) is 7.30. The first-order chi connectivity index (χ1) is 16.6. The average Bonchev–Trinajstić information content (AvgIpc) is 3.36. The van der Waals surface area contributed by atoms with Gasteiger partial charge in [0.25, 0.3) is 0 Å². The van der Waals surface area contributed by atoms with E-state index in [-0.39, 0.29) is 6.61 Å². The molecule has 2 aliphatic heterocycles. The molecule has 0 saturated carbocycles. The van der Waals surface area contributed by atoms with Gasteiger partial charge in [-0.05, 0) is 74.7 Å². The highest BCUT2D eigenvalue weighted by molar-refractivity contribution is 5.78. The lowest BCUT2D eigenvalue weighted by Gasteiger charge is -2.23. The Labute approximate surface area is 205 Å². The third-order valence-electron chi connectivity index (χ3n) is 5.73. The van der Waals surface area contributed by atoms with Crippen LogP contribution in [0.5, 0.6) is 11.5 Å². The number of carbonyl (C=O) groups excluding carboxylic acids is 1. The molecule has 8 nitrogen and oxygen atoms in total. The summed E-state index contributed by atoms with van der Waals surface area (Å²) in [4.78, 5) is 13.0.